The Labute approximate surface area is 194 Å². The largest absolute Gasteiger partial charge is 0.352 e. The Balaban J connectivity index is 1.39. The van der Waals surface area contributed by atoms with Gasteiger partial charge in [0, 0.05) is 32.1 Å². The zero-order chi connectivity index (χ0) is 22.8. The Kier molecular flexibility index (Phi) is 6.16. The molecule has 0 N–H and O–H groups in total. The second kappa shape index (κ2) is 9.38. The first-order valence-corrected chi connectivity index (χ1v) is 12.2. The van der Waals surface area contributed by atoms with Gasteiger partial charge in [-0.05, 0) is 56.7 Å². The fourth-order valence-corrected chi connectivity index (χ4v) is 5.13. The van der Waals surface area contributed by atoms with Crippen LogP contribution in [0.2, 0.25) is 0 Å². The van der Waals surface area contributed by atoms with E-state index in [0.717, 1.165) is 55.4 Å². The third kappa shape index (κ3) is 4.52. The van der Waals surface area contributed by atoms with Gasteiger partial charge in [0.2, 0.25) is 5.91 Å². The lowest BCUT2D eigenvalue weighted by Gasteiger charge is -2.36. The monoisotopic (exact) mass is 444 g/mol. The van der Waals surface area contributed by atoms with E-state index >= 15 is 0 Å². The van der Waals surface area contributed by atoms with Gasteiger partial charge in [-0.15, -0.1) is 0 Å². The highest BCUT2D eigenvalue weighted by Gasteiger charge is 2.30. The molecule has 2 fully saturated rings. The Morgan fingerprint density at radius 3 is 2.36 bits per heavy atom. The number of benzene rings is 2. The highest BCUT2D eigenvalue weighted by atomic mass is 16.2. The summed E-state index contributed by atoms with van der Waals surface area (Å²) in [5.74, 6) is 0.872. The summed E-state index contributed by atoms with van der Waals surface area (Å²) in [6.07, 6.45) is 5.02. The fraction of sp³-hybridized carbons (Fsp3) is 0.444. The van der Waals surface area contributed by atoms with E-state index in [1.165, 1.54) is 12.0 Å². The van der Waals surface area contributed by atoms with E-state index < -0.39 is 0 Å². The maximum atomic E-state index is 13.6. The number of rotatable bonds is 4. The van der Waals surface area contributed by atoms with Crippen molar-refractivity contribution in [1.82, 2.24) is 14.5 Å². The summed E-state index contributed by atoms with van der Waals surface area (Å²) in [6.45, 7) is 5.75. The molecule has 0 radical (unpaired) electrons. The van der Waals surface area contributed by atoms with Gasteiger partial charge < -0.3 is 9.80 Å². The molecule has 33 heavy (non-hydrogen) atoms. The molecule has 2 aliphatic rings. The van der Waals surface area contributed by atoms with E-state index in [0.29, 0.717) is 31.4 Å². The normalized spacial score (nSPS) is 17.5. The van der Waals surface area contributed by atoms with Crippen LogP contribution in [0.1, 0.15) is 43.2 Å². The molecule has 1 aromatic heterocycles. The Morgan fingerprint density at radius 2 is 1.64 bits per heavy atom. The standard InChI is InChI=1S/C27H32N4O2/c1-20-9-11-21(12-10-20)19-31-24-8-4-3-7-23(24)28-25(27(31)33)29-17-13-22(14-18-29)26(32)30-15-5-2-6-16-30/h3-4,7-12,22H,2,5-6,13-19H2,1H3. The summed E-state index contributed by atoms with van der Waals surface area (Å²) in [7, 11) is 0. The van der Waals surface area contributed by atoms with E-state index in [-0.39, 0.29) is 11.5 Å². The van der Waals surface area contributed by atoms with Gasteiger partial charge in [0.05, 0.1) is 17.6 Å². The first kappa shape index (κ1) is 21.7. The molecule has 2 aromatic carbocycles. The van der Waals surface area contributed by atoms with Crippen LogP contribution < -0.4 is 10.5 Å². The third-order valence-electron chi connectivity index (χ3n) is 7.11. The maximum Gasteiger partial charge on any atom is 0.294 e. The molecule has 0 spiro atoms. The van der Waals surface area contributed by atoms with E-state index in [9.17, 15) is 9.59 Å². The second-order valence-corrected chi connectivity index (χ2v) is 9.45. The number of fused-ring (bicyclic) bond motifs is 1. The number of amides is 1. The number of piperidine rings is 2. The summed E-state index contributed by atoms with van der Waals surface area (Å²) < 4.78 is 1.84. The van der Waals surface area contributed by atoms with Gasteiger partial charge in [-0.1, -0.05) is 42.0 Å². The van der Waals surface area contributed by atoms with Crippen LogP contribution in [0.5, 0.6) is 0 Å². The van der Waals surface area contributed by atoms with Gasteiger partial charge in [0.25, 0.3) is 5.56 Å². The number of para-hydroxylation sites is 2. The molecule has 1 amide bonds. The molecule has 5 rings (SSSR count). The van der Waals surface area contributed by atoms with Crippen LogP contribution in [0.3, 0.4) is 0 Å². The maximum absolute atomic E-state index is 13.6. The summed E-state index contributed by atoms with van der Waals surface area (Å²) in [5, 5.41) is 0. The second-order valence-electron chi connectivity index (χ2n) is 9.45. The van der Waals surface area contributed by atoms with E-state index in [1.54, 1.807) is 0 Å². The van der Waals surface area contributed by atoms with E-state index in [1.807, 2.05) is 33.7 Å². The van der Waals surface area contributed by atoms with Crippen LogP contribution in [0, 0.1) is 12.8 Å². The summed E-state index contributed by atoms with van der Waals surface area (Å²) in [4.78, 5) is 35.4. The van der Waals surface area contributed by atoms with Gasteiger partial charge >= 0.3 is 0 Å². The van der Waals surface area contributed by atoms with Crippen LogP contribution in [0.4, 0.5) is 5.82 Å². The zero-order valence-electron chi connectivity index (χ0n) is 19.4. The van der Waals surface area contributed by atoms with Crippen LogP contribution >= 0.6 is 0 Å². The number of hydrogen-bond donors (Lipinski definition) is 0. The van der Waals surface area contributed by atoms with Crippen LogP contribution in [0.25, 0.3) is 11.0 Å². The predicted octanol–water partition coefficient (Wildman–Crippen LogP) is 3.98. The summed E-state index contributed by atoms with van der Waals surface area (Å²) in [5.41, 5.74) is 3.91. The lowest BCUT2D eigenvalue weighted by molar-refractivity contribution is -0.137. The molecule has 0 unspecified atom stereocenters. The molecule has 0 aliphatic carbocycles. The van der Waals surface area contributed by atoms with Gasteiger partial charge in [0.15, 0.2) is 5.82 Å². The first-order chi connectivity index (χ1) is 16.1. The minimum atomic E-state index is -0.0601. The number of anilines is 1. The molecule has 2 aliphatic heterocycles. The molecule has 6 heteroatoms. The highest BCUT2D eigenvalue weighted by Crippen LogP contribution is 2.25. The van der Waals surface area contributed by atoms with Gasteiger partial charge in [-0.25, -0.2) is 4.98 Å². The molecular weight excluding hydrogens is 412 g/mol. The molecular formula is C27H32N4O2. The minimum absolute atomic E-state index is 0.0601. The topological polar surface area (TPSA) is 58.4 Å². The molecule has 172 valence electrons. The van der Waals surface area contributed by atoms with E-state index in [2.05, 4.69) is 36.1 Å². The number of aromatic nitrogens is 2. The third-order valence-corrected chi connectivity index (χ3v) is 7.11. The van der Waals surface area contributed by atoms with Crippen molar-refractivity contribution in [1.29, 1.82) is 0 Å². The van der Waals surface area contributed by atoms with Crippen LogP contribution in [0.15, 0.2) is 53.3 Å². The van der Waals surface area contributed by atoms with Crippen molar-refractivity contribution in [2.24, 2.45) is 5.92 Å². The van der Waals surface area contributed by atoms with Crippen molar-refractivity contribution < 1.29 is 4.79 Å². The minimum Gasteiger partial charge on any atom is -0.352 e. The molecule has 2 saturated heterocycles. The van der Waals surface area contributed by atoms with Gasteiger partial charge in [-0.3, -0.25) is 14.2 Å². The van der Waals surface area contributed by atoms with Crippen LogP contribution in [-0.2, 0) is 11.3 Å². The molecule has 0 atom stereocenters. The lowest BCUT2D eigenvalue weighted by atomic mass is 9.94. The Bertz CT molecular complexity index is 1190. The SMILES string of the molecule is Cc1ccc(Cn2c(=O)c(N3CCC(C(=O)N4CCCCC4)CC3)nc3ccccc32)cc1. The number of likely N-dealkylation sites (tertiary alicyclic amines) is 1. The fourth-order valence-electron chi connectivity index (χ4n) is 5.13. The number of hydrogen-bond acceptors (Lipinski definition) is 4. The average molecular weight is 445 g/mol. The van der Waals surface area contributed by atoms with Crippen molar-refractivity contribution in [3.63, 3.8) is 0 Å². The summed E-state index contributed by atoms with van der Waals surface area (Å²) in [6, 6.07) is 16.2. The zero-order valence-corrected chi connectivity index (χ0v) is 19.4. The smallest absolute Gasteiger partial charge is 0.294 e. The number of nitrogens with zero attached hydrogens (tertiary/aromatic N) is 4. The molecule has 0 bridgehead atoms. The predicted molar refractivity (Wildman–Crippen MR) is 132 cm³/mol. The van der Waals surface area contributed by atoms with Crippen LogP contribution in [-0.4, -0.2) is 46.5 Å². The molecule has 3 aromatic rings. The molecule has 6 nitrogen and oxygen atoms in total. The number of carbonyl (C=O) groups is 1. The highest BCUT2D eigenvalue weighted by molar-refractivity contribution is 5.79. The Morgan fingerprint density at radius 1 is 0.939 bits per heavy atom. The van der Waals surface area contributed by atoms with Crippen molar-refractivity contribution in [2.45, 2.75) is 45.6 Å². The van der Waals surface area contributed by atoms with Crippen molar-refractivity contribution in [3.8, 4) is 0 Å². The van der Waals surface area contributed by atoms with Crippen molar-refractivity contribution in [3.05, 3.63) is 70.0 Å². The Hall–Kier alpha value is -3.15. The van der Waals surface area contributed by atoms with E-state index in [4.69, 9.17) is 4.98 Å². The molecule has 0 saturated carbocycles. The van der Waals surface area contributed by atoms with Gasteiger partial charge in [-0.2, -0.15) is 0 Å². The van der Waals surface area contributed by atoms with Crippen molar-refractivity contribution >= 4 is 22.8 Å². The number of aryl methyl sites for hydroxylation is 1. The average Bonchev–Trinajstić information content (AvgIpc) is 2.87. The summed E-state index contributed by atoms with van der Waals surface area (Å²) >= 11 is 0. The number of carbonyl (C=O) groups excluding carboxylic acids is 1. The lowest BCUT2D eigenvalue weighted by Crippen LogP contribution is -2.45. The molecule has 3 heterocycles. The van der Waals surface area contributed by atoms with Gasteiger partial charge in [0.1, 0.15) is 0 Å². The van der Waals surface area contributed by atoms with Crippen molar-refractivity contribution in [2.75, 3.05) is 31.1 Å². The first-order valence-electron chi connectivity index (χ1n) is 12.2. The quantitative estimate of drug-likeness (QED) is 0.611.